The quantitative estimate of drug-likeness (QED) is 0.120. The summed E-state index contributed by atoms with van der Waals surface area (Å²) in [5.74, 6) is 3.14. The number of aromatic nitrogens is 3. The van der Waals surface area contributed by atoms with E-state index in [1.54, 1.807) is 49.0 Å². The van der Waals surface area contributed by atoms with E-state index in [9.17, 15) is 9.36 Å². The first-order chi connectivity index (χ1) is 22.3. The van der Waals surface area contributed by atoms with Crippen molar-refractivity contribution in [1.29, 1.82) is 0 Å². The number of carbonyl (C=O) groups is 1. The van der Waals surface area contributed by atoms with Gasteiger partial charge >= 0.3 is 7.60 Å². The molecule has 5 aromatic rings. The molecular weight excluding hydrogens is 607 g/mol. The lowest BCUT2D eigenvalue weighted by molar-refractivity contribution is 0.102. The zero-order chi connectivity index (χ0) is 32.5. The number of rotatable bonds is 14. The van der Waals surface area contributed by atoms with Crippen LogP contribution in [-0.2, 0) is 20.2 Å². The molecule has 0 unspecified atom stereocenters. The molecule has 5 rings (SSSR count). The van der Waals surface area contributed by atoms with Crippen LogP contribution in [0.25, 0.3) is 23.2 Å². The number of ether oxygens (including phenoxy) is 2. The van der Waals surface area contributed by atoms with Crippen LogP contribution in [0.3, 0.4) is 0 Å². The molecule has 0 spiro atoms. The molecule has 0 saturated carbocycles. The summed E-state index contributed by atoms with van der Waals surface area (Å²) >= 11 is 0. The van der Waals surface area contributed by atoms with E-state index in [-0.39, 0.29) is 25.6 Å². The van der Waals surface area contributed by atoms with Gasteiger partial charge in [-0.05, 0) is 69.3 Å². The van der Waals surface area contributed by atoms with Crippen LogP contribution in [0.15, 0.2) is 95.3 Å². The Balaban J connectivity index is 1.35. The normalized spacial score (nSPS) is 11.6. The smallest absolute Gasteiger partial charge is 0.354 e. The van der Waals surface area contributed by atoms with Crippen molar-refractivity contribution in [1.82, 2.24) is 14.8 Å². The van der Waals surface area contributed by atoms with E-state index in [1.807, 2.05) is 67.6 Å². The number of benzene rings is 3. The van der Waals surface area contributed by atoms with Crippen molar-refractivity contribution < 1.29 is 32.3 Å². The maximum atomic E-state index is 13.5. The summed E-state index contributed by atoms with van der Waals surface area (Å²) in [6.07, 6.45) is 3.29. The van der Waals surface area contributed by atoms with Gasteiger partial charge in [-0.15, -0.1) is 5.10 Å². The Morgan fingerprint density at radius 3 is 2.35 bits per heavy atom. The molecule has 0 aliphatic heterocycles. The predicted octanol–water partition coefficient (Wildman–Crippen LogP) is 7.91. The van der Waals surface area contributed by atoms with E-state index in [0.717, 1.165) is 11.3 Å². The van der Waals surface area contributed by atoms with Crippen LogP contribution >= 0.6 is 7.60 Å². The van der Waals surface area contributed by atoms with Crippen molar-refractivity contribution >= 4 is 25.4 Å². The summed E-state index contributed by atoms with van der Waals surface area (Å²) in [6.45, 7) is 5.87. The number of oxazole rings is 1. The summed E-state index contributed by atoms with van der Waals surface area (Å²) in [7, 11) is -2.00. The Bertz CT molecular complexity index is 1840. The third-order valence-electron chi connectivity index (χ3n) is 6.75. The molecule has 0 saturated heterocycles. The number of anilines is 1. The molecule has 11 nitrogen and oxygen atoms in total. The Kier molecular flexibility index (Phi) is 10.5. The Morgan fingerprint density at radius 2 is 1.67 bits per heavy atom. The zero-order valence-corrected chi connectivity index (χ0v) is 26.9. The van der Waals surface area contributed by atoms with Crippen LogP contribution in [0.5, 0.6) is 11.5 Å². The fourth-order valence-electron chi connectivity index (χ4n) is 4.49. The number of hydrogen-bond acceptors (Lipinski definition) is 9. The Hall–Kier alpha value is -4.96. The minimum Gasteiger partial charge on any atom is -0.493 e. The number of amides is 1. The molecule has 0 fully saturated rings. The molecule has 1 N–H and O–H groups in total. The molecule has 0 radical (unpaired) electrons. The predicted molar refractivity (Wildman–Crippen MR) is 175 cm³/mol. The van der Waals surface area contributed by atoms with Gasteiger partial charge in [-0.25, -0.2) is 9.67 Å². The first kappa shape index (κ1) is 32.4. The van der Waals surface area contributed by atoms with E-state index in [1.165, 1.54) is 12.9 Å². The highest BCUT2D eigenvalue weighted by molar-refractivity contribution is 7.57. The lowest BCUT2D eigenvalue weighted by atomic mass is 10.2. The van der Waals surface area contributed by atoms with Crippen molar-refractivity contribution in [3.8, 4) is 28.6 Å². The van der Waals surface area contributed by atoms with Crippen molar-refractivity contribution in [2.45, 2.75) is 27.4 Å². The van der Waals surface area contributed by atoms with Gasteiger partial charge < -0.3 is 28.3 Å². The molecule has 238 valence electrons. The van der Waals surface area contributed by atoms with Crippen LogP contribution in [0.2, 0.25) is 0 Å². The van der Waals surface area contributed by atoms with Gasteiger partial charge in [-0.1, -0.05) is 36.4 Å². The second-order valence-electron chi connectivity index (χ2n) is 9.90. The number of methoxy groups -OCH3 is 1. The summed E-state index contributed by atoms with van der Waals surface area (Å²) < 4.78 is 42.9. The first-order valence-electron chi connectivity index (χ1n) is 14.7. The number of hydrogen-bond donors (Lipinski definition) is 1. The number of nitrogens with zero attached hydrogens (tertiary/aromatic N) is 3. The lowest BCUT2D eigenvalue weighted by Crippen LogP contribution is -2.13. The van der Waals surface area contributed by atoms with E-state index in [0.29, 0.717) is 40.0 Å². The molecule has 12 heteroatoms. The fourth-order valence-corrected chi connectivity index (χ4v) is 5.80. The third-order valence-corrected chi connectivity index (χ3v) is 8.50. The van der Waals surface area contributed by atoms with Crippen LogP contribution < -0.4 is 14.8 Å². The van der Waals surface area contributed by atoms with Gasteiger partial charge in [0.05, 0.1) is 26.0 Å². The van der Waals surface area contributed by atoms with Crippen LogP contribution in [0.1, 0.15) is 41.2 Å². The van der Waals surface area contributed by atoms with Gasteiger partial charge in [0.1, 0.15) is 18.1 Å². The van der Waals surface area contributed by atoms with E-state index < -0.39 is 13.5 Å². The van der Waals surface area contributed by atoms with Gasteiger partial charge in [0.15, 0.2) is 17.3 Å². The first-order valence-corrected chi connectivity index (χ1v) is 16.3. The maximum Gasteiger partial charge on any atom is 0.354 e. The van der Waals surface area contributed by atoms with E-state index >= 15 is 0 Å². The van der Waals surface area contributed by atoms with Crippen molar-refractivity contribution in [2.24, 2.45) is 0 Å². The minimum absolute atomic E-state index is 0.143. The highest BCUT2D eigenvalue weighted by Crippen LogP contribution is 2.50. The molecule has 0 aliphatic rings. The number of aryl methyl sites for hydroxylation is 1. The summed E-state index contributed by atoms with van der Waals surface area (Å²) in [5, 5.41) is 7.44. The summed E-state index contributed by atoms with van der Waals surface area (Å²) in [4.78, 5) is 18.0. The minimum atomic E-state index is -3.49. The summed E-state index contributed by atoms with van der Waals surface area (Å²) in [6, 6.07) is 23.9. The van der Waals surface area contributed by atoms with Crippen LogP contribution in [-0.4, -0.2) is 41.0 Å². The average Bonchev–Trinajstić information content (AvgIpc) is 3.66. The summed E-state index contributed by atoms with van der Waals surface area (Å²) in [5.41, 5.74) is 3.11. The molecule has 46 heavy (non-hydrogen) atoms. The van der Waals surface area contributed by atoms with Gasteiger partial charge in [0.25, 0.3) is 5.91 Å². The highest BCUT2D eigenvalue weighted by atomic mass is 31.2. The molecule has 1 amide bonds. The van der Waals surface area contributed by atoms with Gasteiger partial charge in [-0.2, -0.15) is 0 Å². The highest BCUT2D eigenvalue weighted by Gasteiger charge is 2.21. The van der Waals surface area contributed by atoms with Gasteiger partial charge in [0.2, 0.25) is 5.89 Å². The number of carbonyl (C=O) groups excluding carboxylic acids is 1. The molecular formula is C34H35N4O7P. The molecule has 2 aromatic heterocycles. The molecule has 2 heterocycles. The topological polar surface area (TPSA) is 127 Å². The Labute approximate surface area is 267 Å². The van der Waals surface area contributed by atoms with Crippen LogP contribution in [0, 0.1) is 6.92 Å². The van der Waals surface area contributed by atoms with Crippen molar-refractivity contribution in [3.05, 3.63) is 113 Å². The second kappa shape index (κ2) is 14.9. The van der Waals surface area contributed by atoms with Crippen molar-refractivity contribution in [2.75, 3.05) is 25.6 Å². The standard InChI is InChI=1S/C34H35N4O7P/c1-5-43-46(40,44-6-2)20-19-27-22-38(28-15-11-8-12-16-28)37-32(27)36-33(39)26-17-18-30(31(21-26)41-4)42-23-29-24(3)45-34(35-29)25-13-9-7-10-14-25/h7-22H,5-6,23H2,1-4H3,(H,36,37,39)/b20-19+. The third kappa shape index (κ3) is 7.81. The largest absolute Gasteiger partial charge is 0.493 e. The Morgan fingerprint density at radius 1 is 0.978 bits per heavy atom. The maximum absolute atomic E-state index is 13.5. The van der Waals surface area contributed by atoms with Gasteiger partial charge in [-0.3, -0.25) is 9.36 Å². The van der Waals surface area contributed by atoms with E-state index in [4.69, 9.17) is 22.9 Å². The number of para-hydroxylation sites is 1. The zero-order valence-electron chi connectivity index (χ0n) is 26.0. The van der Waals surface area contributed by atoms with E-state index in [2.05, 4.69) is 15.4 Å². The molecule has 0 bridgehead atoms. The van der Waals surface area contributed by atoms with Crippen LogP contribution in [0.4, 0.5) is 5.82 Å². The van der Waals surface area contributed by atoms with Gasteiger partial charge in [0, 0.05) is 28.7 Å². The van der Waals surface area contributed by atoms with Crippen molar-refractivity contribution in [3.63, 3.8) is 0 Å². The number of nitrogens with one attached hydrogen (secondary N) is 1. The SMILES string of the molecule is CCOP(=O)(/C=C/c1cn(-c2ccccc2)nc1NC(=O)c1ccc(OCc2nc(-c3ccccc3)oc2C)c(OC)c1)OCC. The second-order valence-corrected chi connectivity index (χ2v) is 11.8. The monoisotopic (exact) mass is 642 g/mol. The molecule has 3 aromatic carbocycles. The average molecular weight is 643 g/mol. The fraction of sp³-hybridized carbons (Fsp3) is 0.206. The lowest BCUT2D eigenvalue weighted by Gasteiger charge is -2.12. The molecule has 0 aliphatic carbocycles. The molecule has 0 atom stereocenters.